The van der Waals surface area contributed by atoms with Crippen LogP contribution in [0.1, 0.15) is 38.7 Å². The highest BCUT2D eigenvalue weighted by atomic mass is 16.2. The van der Waals surface area contributed by atoms with Crippen molar-refractivity contribution in [3.8, 4) is 0 Å². The van der Waals surface area contributed by atoms with Gasteiger partial charge in [-0.05, 0) is 50.8 Å². The van der Waals surface area contributed by atoms with Crippen LogP contribution in [0.15, 0.2) is 24.3 Å². The minimum Gasteiger partial charge on any atom is -0.343 e. The fourth-order valence-corrected chi connectivity index (χ4v) is 2.84. The van der Waals surface area contributed by atoms with Gasteiger partial charge in [-0.15, -0.1) is 0 Å². The summed E-state index contributed by atoms with van der Waals surface area (Å²) < 4.78 is 0. The second kappa shape index (κ2) is 8.56. The number of hydrogen-bond donors (Lipinski definition) is 1. The maximum absolute atomic E-state index is 12.0. The molecule has 0 saturated carbocycles. The zero-order valence-electron chi connectivity index (χ0n) is 14.2. The first-order valence-corrected chi connectivity index (χ1v) is 8.56. The first kappa shape index (κ1) is 17.3. The molecule has 126 valence electrons. The molecular weight excluding hydrogens is 290 g/mol. The van der Waals surface area contributed by atoms with E-state index in [1.54, 1.807) is 4.90 Å². The van der Waals surface area contributed by atoms with E-state index in [2.05, 4.69) is 5.32 Å². The molecule has 0 aliphatic carbocycles. The SMILES string of the molecule is CCN(CC)C(=O)Nc1ccc(CCC(=O)N2CCCC2)cc1. The number of nitrogens with one attached hydrogen (secondary N) is 1. The molecule has 1 N–H and O–H groups in total. The predicted octanol–water partition coefficient (Wildman–Crippen LogP) is 3.12. The summed E-state index contributed by atoms with van der Waals surface area (Å²) >= 11 is 0. The third-order valence-corrected chi connectivity index (χ3v) is 4.34. The Kier molecular flexibility index (Phi) is 6.44. The average Bonchev–Trinajstić information content (AvgIpc) is 3.09. The number of amides is 3. The van der Waals surface area contributed by atoms with Crippen LogP contribution >= 0.6 is 0 Å². The Labute approximate surface area is 138 Å². The summed E-state index contributed by atoms with van der Waals surface area (Å²) in [5.74, 6) is 0.251. The number of nitrogens with zero attached hydrogens (tertiary/aromatic N) is 2. The lowest BCUT2D eigenvalue weighted by atomic mass is 10.1. The van der Waals surface area contributed by atoms with Crippen LogP contribution in [0.2, 0.25) is 0 Å². The highest BCUT2D eigenvalue weighted by Crippen LogP contribution is 2.14. The van der Waals surface area contributed by atoms with E-state index < -0.39 is 0 Å². The van der Waals surface area contributed by atoms with Gasteiger partial charge in [-0.2, -0.15) is 0 Å². The Balaban J connectivity index is 1.82. The summed E-state index contributed by atoms with van der Waals surface area (Å²) in [5.41, 5.74) is 1.91. The number of benzene rings is 1. The smallest absolute Gasteiger partial charge is 0.321 e. The second-order valence-corrected chi connectivity index (χ2v) is 5.89. The summed E-state index contributed by atoms with van der Waals surface area (Å²) in [5, 5.41) is 2.89. The summed E-state index contributed by atoms with van der Waals surface area (Å²) in [6.45, 7) is 7.13. The van der Waals surface area contributed by atoms with Crippen molar-refractivity contribution < 1.29 is 9.59 Å². The van der Waals surface area contributed by atoms with Crippen molar-refractivity contribution in [2.75, 3.05) is 31.5 Å². The average molecular weight is 317 g/mol. The minimum absolute atomic E-state index is 0.0769. The van der Waals surface area contributed by atoms with Gasteiger partial charge in [0.2, 0.25) is 5.91 Å². The highest BCUT2D eigenvalue weighted by molar-refractivity contribution is 5.89. The van der Waals surface area contributed by atoms with Crippen LogP contribution in [-0.4, -0.2) is 47.9 Å². The molecule has 5 nitrogen and oxygen atoms in total. The fraction of sp³-hybridized carbons (Fsp3) is 0.556. The van der Waals surface area contributed by atoms with Crippen LogP contribution in [-0.2, 0) is 11.2 Å². The maximum atomic E-state index is 12.0. The van der Waals surface area contributed by atoms with Crippen LogP contribution < -0.4 is 5.32 Å². The molecule has 0 spiro atoms. The number of likely N-dealkylation sites (tertiary alicyclic amines) is 1. The van der Waals surface area contributed by atoms with E-state index >= 15 is 0 Å². The maximum Gasteiger partial charge on any atom is 0.321 e. The molecule has 0 atom stereocenters. The number of aryl methyl sites for hydroxylation is 1. The first-order valence-electron chi connectivity index (χ1n) is 8.56. The quantitative estimate of drug-likeness (QED) is 0.876. The Morgan fingerprint density at radius 1 is 1.09 bits per heavy atom. The molecule has 23 heavy (non-hydrogen) atoms. The highest BCUT2D eigenvalue weighted by Gasteiger charge is 2.17. The molecule has 1 aliphatic heterocycles. The van der Waals surface area contributed by atoms with Gasteiger partial charge < -0.3 is 15.1 Å². The van der Waals surface area contributed by atoms with Crippen LogP contribution in [0.5, 0.6) is 0 Å². The Morgan fingerprint density at radius 3 is 2.26 bits per heavy atom. The van der Waals surface area contributed by atoms with Gasteiger partial charge in [0, 0.05) is 38.3 Å². The molecule has 0 unspecified atom stereocenters. The van der Waals surface area contributed by atoms with E-state index in [0.29, 0.717) is 19.5 Å². The van der Waals surface area contributed by atoms with Gasteiger partial charge in [-0.3, -0.25) is 4.79 Å². The van der Waals surface area contributed by atoms with Gasteiger partial charge in [0.25, 0.3) is 0 Å². The molecular formula is C18H27N3O2. The van der Waals surface area contributed by atoms with Crippen LogP contribution in [0.25, 0.3) is 0 Å². The minimum atomic E-state index is -0.0769. The van der Waals surface area contributed by atoms with Crippen molar-refractivity contribution in [3.63, 3.8) is 0 Å². The molecule has 3 amide bonds. The normalized spacial score (nSPS) is 13.9. The van der Waals surface area contributed by atoms with E-state index in [4.69, 9.17) is 0 Å². The molecule has 0 aromatic heterocycles. The summed E-state index contributed by atoms with van der Waals surface area (Å²) in [7, 11) is 0. The zero-order valence-corrected chi connectivity index (χ0v) is 14.2. The fourth-order valence-electron chi connectivity index (χ4n) is 2.84. The molecule has 1 heterocycles. The standard InChI is InChI=1S/C18H27N3O2/c1-3-20(4-2)18(23)19-16-10-7-15(8-11-16)9-12-17(22)21-13-5-6-14-21/h7-8,10-11H,3-6,9,12-14H2,1-2H3,(H,19,23). The molecule has 0 bridgehead atoms. The van der Waals surface area contributed by atoms with Crippen molar-refractivity contribution >= 4 is 17.6 Å². The Bertz CT molecular complexity index is 518. The van der Waals surface area contributed by atoms with Crippen LogP contribution in [0.4, 0.5) is 10.5 Å². The lowest BCUT2D eigenvalue weighted by Crippen LogP contribution is -2.34. The van der Waals surface area contributed by atoms with Crippen molar-refractivity contribution in [1.82, 2.24) is 9.80 Å². The van der Waals surface area contributed by atoms with Crippen molar-refractivity contribution in [1.29, 1.82) is 0 Å². The Hall–Kier alpha value is -2.04. The number of hydrogen-bond acceptors (Lipinski definition) is 2. The molecule has 5 heteroatoms. The number of carbonyl (C=O) groups is 2. The molecule has 1 aliphatic rings. The van der Waals surface area contributed by atoms with E-state index in [1.807, 2.05) is 43.0 Å². The monoisotopic (exact) mass is 317 g/mol. The van der Waals surface area contributed by atoms with Crippen LogP contribution in [0, 0.1) is 0 Å². The largest absolute Gasteiger partial charge is 0.343 e. The number of carbonyl (C=O) groups excluding carboxylic acids is 2. The molecule has 1 aromatic carbocycles. The van der Waals surface area contributed by atoms with Gasteiger partial charge in [0.05, 0.1) is 0 Å². The van der Waals surface area contributed by atoms with E-state index in [0.717, 1.165) is 43.6 Å². The third-order valence-electron chi connectivity index (χ3n) is 4.34. The molecule has 1 fully saturated rings. The molecule has 2 rings (SSSR count). The summed E-state index contributed by atoms with van der Waals surface area (Å²) in [4.78, 5) is 27.7. The number of rotatable bonds is 6. The van der Waals surface area contributed by atoms with E-state index in [1.165, 1.54) is 0 Å². The van der Waals surface area contributed by atoms with E-state index in [9.17, 15) is 9.59 Å². The van der Waals surface area contributed by atoms with Gasteiger partial charge in [-0.1, -0.05) is 12.1 Å². The van der Waals surface area contributed by atoms with Crippen molar-refractivity contribution in [3.05, 3.63) is 29.8 Å². The molecule has 1 saturated heterocycles. The van der Waals surface area contributed by atoms with Gasteiger partial charge in [-0.25, -0.2) is 4.79 Å². The van der Waals surface area contributed by atoms with Crippen molar-refractivity contribution in [2.24, 2.45) is 0 Å². The summed E-state index contributed by atoms with van der Waals surface area (Å²) in [6, 6.07) is 7.69. The predicted molar refractivity (Wildman–Crippen MR) is 92.5 cm³/mol. The van der Waals surface area contributed by atoms with Gasteiger partial charge in [0.15, 0.2) is 0 Å². The third kappa shape index (κ3) is 4.98. The lowest BCUT2D eigenvalue weighted by Gasteiger charge is -2.19. The lowest BCUT2D eigenvalue weighted by molar-refractivity contribution is -0.130. The second-order valence-electron chi connectivity index (χ2n) is 5.89. The zero-order chi connectivity index (χ0) is 16.7. The summed E-state index contributed by atoms with van der Waals surface area (Å²) in [6.07, 6.45) is 3.57. The molecule has 0 radical (unpaired) electrons. The molecule has 1 aromatic rings. The van der Waals surface area contributed by atoms with Gasteiger partial charge >= 0.3 is 6.03 Å². The first-order chi connectivity index (χ1) is 11.1. The number of anilines is 1. The van der Waals surface area contributed by atoms with E-state index in [-0.39, 0.29) is 11.9 Å². The van der Waals surface area contributed by atoms with Gasteiger partial charge in [0.1, 0.15) is 0 Å². The number of urea groups is 1. The van der Waals surface area contributed by atoms with Crippen molar-refractivity contribution in [2.45, 2.75) is 39.5 Å². The Morgan fingerprint density at radius 2 is 1.70 bits per heavy atom. The topological polar surface area (TPSA) is 52.7 Å². The van der Waals surface area contributed by atoms with Crippen LogP contribution in [0.3, 0.4) is 0 Å².